The summed E-state index contributed by atoms with van der Waals surface area (Å²) in [6.45, 7) is 1.62. The lowest BCUT2D eigenvalue weighted by Gasteiger charge is -2.24. The van der Waals surface area contributed by atoms with Gasteiger partial charge >= 0.3 is 0 Å². The number of hydrogen-bond acceptors (Lipinski definition) is 5. The molecule has 1 fully saturated rings. The monoisotopic (exact) mass is 317 g/mol. The molecule has 22 heavy (non-hydrogen) atoms. The molecule has 2 heterocycles. The predicted molar refractivity (Wildman–Crippen MR) is 87.8 cm³/mol. The fraction of sp³-hybridized carbons (Fsp3) is 0.375. The van der Waals surface area contributed by atoms with E-state index in [1.54, 1.807) is 30.6 Å². The van der Waals surface area contributed by atoms with Gasteiger partial charge in [0.2, 0.25) is 0 Å². The SMILES string of the molecule is COc1ccccc1C(=O)NCC1CCCN1c1nccs1. The van der Waals surface area contributed by atoms with E-state index in [9.17, 15) is 4.79 Å². The number of amides is 1. The molecule has 116 valence electrons. The minimum absolute atomic E-state index is 0.0940. The molecule has 1 unspecified atom stereocenters. The van der Waals surface area contributed by atoms with E-state index in [0.29, 0.717) is 23.9 Å². The maximum absolute atomic E-state index is 12.4. The zero-order valence-electron chi connectivity index (χ0n) is 12.5. The second-order valence-electron chi connectivity index (χ2n) is 5.21. The Morgan fingerprint density at radius 2 is 2.36 bits per heavy atom. The number of anilines is 1. The van der Waals surface area contributed by atoms with Gasteiger partial charge in [0.15, 0.2) is 5.13 Å². The fourth-order valence-electron chi connectivity index (χ4n) is 2.80. The van der Waals surface area contributed by atoms with Crippen LogP contribution in [-0.2, 0) is 0 Å². The summed E-state index contributed by atoms with van der Waals surface area (Å²) in [7, 11) is 1.58. The second-order valence-corrected chi connectivity index (χ2v) is 6.09. The maximum atomic E-state index is 12.4. The Morgan fingerprint density at radius 3 is 3.14 bits per heavy atom. The third-order valence-corrected chi connectivity index (χ3v) is 4.70. The van der Waals surface area contributed by atoms with Crippen molar-refractivity contribution < 1.29 is 9.53 Å². The highest BCUT2D eigenvalue weighted by Crippen LogP contribution is 2.27. The zero-order chi connectivity index (χ0) is 15.4. The van der Waals surface area contributed by atoms with Gasteiger partial charge < -0.3 is 15.0 Å². The number of aromatic nitrogens is 1. The first-order valence-electron chi connectivity index (χ1n) is 7.37. The van der Waals surface area contributed by atoms with Crippen LogP contribution >= 0.6 is 11.3 Å². The van der Waals surface area contributed by atoms with Crippen molar-refractivity contribution in [3.63, 3.8) is 0 Å². The van der Waals surface area contributed by atoms with E-state index < -0.39 is 0 Å². The maximum Gasteiger partial charge on any atom is 0.255 e. The lowest BCUT2D eigenvalue weighted by molar-refractivity contribution is 0.0948. The summed E-state index contributed by atoms with van der Waals surface area (Å²) >= 11 is 1.64. The fourth-order valence-corrected chi connectivity index (χ4v) is 3.54. The predicted octanol–water partition coefficient (Wildman–Crippen LogP) is 2.55. The van der Waals surface area contributed by atoms with Gasteiger partial charge in [-0.3, -0.25) is 4.79 Å². The molecule has 1 aromatic carbocycles. The first-order valence-corrected chi connectivity index (χ1v) is 8.25. The number of nitrogens with one attached hydrogen (secondary N) is 1. The smallest absolute Gasteiger partial charge is 0.255 e. The van der Waals surface area contributed by atoms with Crippen LogP contribution in [0.25, 0.3) is 0 Å². The molecule has 5 nitrogen and oxygen atoms in total. The quantitative estimate of drug-likeness (QED) is 0.921. The molecule has 1 amide bonds. The number of methoxy groups -OCH3 is 1. The van der Waals surface area contributed by atoms with Gasteiger partial charge in [-0.1, -0.05) is 12.1 Å². The number of carbonyl (C=O) groups excluding carboxylic acids is 1. The van der Waals surface area contributed by atoms with Gasteiger partial charge in [-0.25, -0.2) is 4.98 Å². The number of hydrogen-bond donors (Lipinski definition) is 1. The Kier molecular flexibility index (Phi) is 4.58. The number of ether oxygens (including phenoxy) is 1. The van der Waals surface area contributed by atoms with E-state index in [2.05, 4.69) is 15.2 Å². The van der Waals surface area contributed by atoms with Crippen LogP contribution < -0.4 is 15.0 Å². The summed E-state index contributed by atoms with van der Waals surface area (Å²) in [5, 5.41) is 6.04. The van der Waals surface area contributed by atoms with Crippen molar-refractivity contribution in [3.05, 3.63) is 41.4 Å². The van der Waals surface area contributed by atoms with Crippen molar-refractivity contribution in [3.8, 4) is 5.75 Å². The van der Waals surface area contributed by atoms with E-state index >= 15 is 0 Å². The van der Waals surface area contributed by atoms with Gasteiger partial charge in [0, 0.05) is 30.7 Å². The van der Waals surface area contributed by atoms with Crippen LogP contribution in [0.5, 0.6) is 5.75 Å². The first-order chi connectivity index (χ1) is 10.8. The van der Waals surface area contributed by atoms with E-state index in [0.717, 1.165) is 24.5 Å². The summed E-state index contributed by atoms with van der Waals surface area (Å²) in [6.07, 6.45) is 4.03. The minimum atomic E-state index is -0.0940. The molecule has 1 N–H and O–H groups in total. The van der Waals surface area contributed by atoms with Gasteiger partial charge in [-0.05, 0) is 25.0 Å². The van der Waals surface area contributed by atoms with Crippen LogP contribution in [0.3, 0.4) is 0 Å². The normalized spacial score (nSPS) is 17.5. The molecule has 1 saturated heterocycles. The molecular formula is C16H19N3O2S. The summed E-state index contributed by atoms with van der Waals surface area (Å²) in [6, 6.07) is 7.59. The first kappa shape index (κ1) is 14.8. The summed E-state index contributed by atoms with van der Waals surface area (Å²) in [5.41, 5.74) is 0.573. The Labute approximate surface area is 133 Å². The highest BCUT2D eigenvalue weighted by atomic mass is 32.1. The Morgan fingerprint density at radius 1 is 1.50 bits per heavy atom. The minimum Gasteiger partial charge on any atom is -0.496 e. The molecule has 0 spiro atoms. The lowest BCUT2D eigenvalue weighted by atomic mass is 10.1. The van der Waals surface area contributed by atoms with Crippen molar-refractivity contribution in [2.24, 2.45) is 0 Å². The summed E-state index contributed by atoms with van der Waals surface area (Å²) in [5.74, 6) is 0.506. The largest absolute Gasteiger partial charge is 0.496 e. The Balaban J connectivity index is 1.63. The summed E-state index contributed by atoms with van der Waals surface area (Å²) < 4.78 is 5.24. The van der Waals surface area contributed by atoms with Crippen LogP contribution in [0.15, 0.2) is 35.8 Å². The number of nitrogens with zero attached hydrogens (tertiary/aromatic N) is 2. The topological polar surface area (TPSA) is 54.5 Å². The average Bonchev–Trinajstić information content (AvgIpc) is 3.23. The standard InChI is InChI=1S/C16H19N3O2S/c1-21-14-7-3-2-6-13(14)15(20)18-11-12-5-4-9-19(12)16-17-8-10-22-16/h2-3,6-8,10,12H,4-5,9,11H2,1H3,(H,18,20). The molecule has 1 atom stereocenters. The molecule has 0 bridgehead atoms. The van der Waals surface area contributed by atoms with Crippen LogP contribution in [0.1, 0.15) is 23.2 Å². The zero-order valence-corrected chi connectivity index (χ0v) is 13.3. The van der Waals surface area contributed by atoms with E-state index in [-0.39, 0.29) is 5.91 Å². The van der Waals surface area contributed by atoms with E-state index in [1.807, 2.05) is 23.7 Å². The average molecular weight is 317 g/mol. The number of rotatable bonds is 5. The lowest BCUT2D eigenvalue weighted by Crippen LogP contribution is -2.40. The van der Waals surface area contributed by atoms with Crippen molar-refractivity contribution in [1.82, 2.24) is 10.3 Å². The van der Waals surface area contributed by atoms with Gasteiger partial charge in [0.05, 0.1) is 12.7 Å². The van der Waals surface area contributed by atoms with Crippen LogP contribution in [0.4, 0.5) is 5.13 Å². The van der Waals surface area contributed by atoms with Crippen molar-refractivity contribution in [2.45, 2.75) is 18.9 Å². The number of carbonyl (C=O) groups is 1. The highest BCUT2D eigenvalue weighted by molar-refractivity contribution is 7.13. The van der Waals surface area contributed by atoms with Gasteiger partial charge in [0.1, 0.15) is 5.75 Å². The molecule has 1 aliphatic rings. The third kappa shape index (κ3) is 3.06. The van der Waals surface area contributed by atoms with Crippen LogP contribution in [-0.4, -0.2) is 37.1 Å². The van der Waals surface area contributed by atoms with Crippen molar-refractivity contribution >= 4 is 22.4 Å². The molecule has 0 saturated carbocycles. The van der Waals surface area contributed by atoms with Crippen molar-refractivity contribution in [1.29, 1.82) is 0 Å². The third-order valence-electron chi connectivity index (χ3n) is 3.89. The summed E-state index contributed by atoms with van der Waals surface area (Å²) in [4.78, 5) is 19.0. The molecule has 2 aromatic rings. The number of thiazole rings is 1. The van der Waals surface area contributed by atoms with Gasteiger partial charge in [-0.2, -0.15) is 0 Å². The Hall–Kier alpha value is -2.08. The van der Waals surface area contributed by atoms with E-state index in [1.165, 1.54) is 0 Å². The Bertz CT molecular complexity index is 630. The molecule has 0 radical (unpaired) electrons. The number of para-hydroxylation sites is 1. The molecule has 6 heteroatoms. The highest BCUT2D eigenvalue weighted by Gasteiger charge is 2.26. The molecule has 0 aliphatic carbocycles. The molecule has 1 aromatic heterocycles. The number of benzene rings is 1. The molecular weight excluding hydrogens is 298 g/mol. The van der Waals surface area contributed by atoms with Crippen molar-refractivity contribution in [2.75, 3.05) is 25.1 Å². The molecule has 3 rings (SSSR count). The van der Waals surface area contributed by atoms with Gasteiger partial charge in [0.25, 0.3) is 5.91 Å². The second kappa shape index (κ2) is 6.79. The molecule has 1 aliphatic heterocycles. The van der Waals surface area contributed by atoms with Gasteiger partial charge in [-0.15, -0.1) is 11.3 Å². The van der Waals surface area contributed by atoms with Crippen LogP contribution in [0.2, 0.25) is 0 Å². The van der Waals surface area contributed by atoms with E-state index in [4.69, 9.17) is 4.74 Å². The van der Waals surface area contributed by atoms with Crippen LogP contribution in [0, 0.1) is 0 Å².